The maximum Gasteiger partial charge on any atom is 0.256 e. The van der Waals surface area contributed by atoms with Crippen LogP contribution in [0.15, 0.2) is 12.1 Å². The lowest BCUT2D eigenvalue weighted by molar-refractivity contribution is -0.127. The first-order valence-electron chi connectivity index (χ1n) is 6.57. The molecule has 0 saturated carbocycles. The molecule has 1 aliphatic rings. The number of hydrogen-bond donors (Lipinski definition) is 1. The zero-order valence-electron chi connectivity index (χ0n) is 11.6. The smallest absolute Gasteiger partial charge is 0.256 e. The number of nitrogens with zero attached hydrogens (tertiary/aromatic N) is 2. The van der Waals surface area contributed by atoms with Gasteiger partial charge in [-0.05, 0) is 32.4 Å². The van der Waals surface area contributed by atoms with Gasteiger partial charge in [0, 0.05) is 18.8 Å². The Morgan fingerprint density at radius 3 is 2.84 bits per heavy atom. The minimum atomic E-state index is -0.373. The molecule has 5 nitrogen and oxygen atoms in total. The zero-order chi connectivity index (χ0) is 14.0. The summed E-state index contributed by atoms with van der Waals surface area (Å²) in [6.45, 7) is 6.70. The molecule has 2 amide bonds. The van der Waals surface area contributed by atoms with Crippen LogP contribution in [0.5, 0.6) is 0 Å². The van der Waals surface area contributed by atoms with Crippen LogP contribution < -0.4 is 5.32 Å². The van der Waals surface area contributed by atoms with E-state index >= 15 is 0 Å². The van der Waals surface area contributed by atoms with Gasteiger partial charge in [0.05, 0.1) is 11.3 Å². The lowest BCUT2D eigenvalue weighted by atomic mass is 10.1. The van der Waals surface area contributed by atoms with E-state index in [4.69, 9.17) is 0 Å². The Kier molecular flexibility index (Phi) is 3.83. The molecule has 1 unspecified atom stereocenters. The van der Waals surface area contributed by atoms with Gasteiger partial charge >= 0.3 is 0 Å². The predicted octanol–water partition coefficient (Wildman–Crippen LogP) is 1.05. The minimum Gasteiger partial charge on any atom is -0.353 e. The molecular formula is C14H19N3O2. The normalized spacial score (nSPS) is 19.2. The first-order chi connectivity index (χ1) is 9.04. The number of carbonyl (C=O) groups is 2. The van der Waals surface area contributed by atoms with Crippen LogP contribution in [0.3, 0.4) is 0 Å². The summed E-state index contributed by atoms with van der Waals surface area (Å²) in [5.74, 6) is -0.175. The monoisotopic (exact) mass is 261 g/mol. The van der Waals surface area contributed by atoms with E-state index in [9.17, 15) is 9.59 Å². The highest BCUT2D eigenvalue weighted by molar-refractivity contribution is 5.98. The zero-order valence-corrected chi connectivity index (χ0v) is 11.6. The van der Waals surface area contributed by atoms with E-state index < -0.39 is 0 Å². The van der Waals surface area contributed by atoms with Crippen molar-refractivity contribution in [1.29, 1.82) is 0 Å². The van der Waals surface area contributed by atoms with Crippen molar-refractivity contribution in [2.75, 3.05) is 13.1 Å². The summed E-state index contributed by atoms with van der Waals surface area (Å²) in [5, 5.41) is 2.79. The second-order valence-corrected chi connectivity index (χ2v) is 4.80. The maximum absolute atomic E-state index is 12.6. The summed E-state index contributed by atoms with van der Waals surface area (Å²) in [4.78, 5) is 30.3. The third-order valence-corrected chi connectivity index (χ3v) is 3.43. The van der Waals surface area contributed by atoms with Crippen LogP contribution in [0.1, 0.15) is 35.1 Å². The molecule has 5 heteroatoms. The van der Waals surface area contributed by atoms with Crippen molar-refractivity contribution in [1.82, 2.24) is 15.2 Å². The molecule has 1 atom stereocenters. The lowest BCUT2D eigenvalue weighted by Crippen LogP contribution is -2.57. The van der Waals surface area contributed by atoms with Crippen molar-refractivity contribution in [2.45, 2.75) is 33.2 Å². The van der Waals surface area contributed by atoms with E-state index in [1.54, 1.807) is 11.0 Å². The first-order valence-corrected chi connectivity index (χ1v) is 6.57. The molecule has 0 aliphatic carbocycles. The molecule has 1 fully saturated rings. The van der Waals surface area contributed by atoms with Crippen molar-refractivity contribution in [2.24, 2.45) is 0 Å². The number of aromatic nitrogens is 1. The third-order valence-electron chi connectivity index (χ3n) is 3.43. The van der Waals surface area contributed by atoms with Gasteiger partial charge in [-0.3, -0.25) is 14.6 Å². The second kappa shape index (κ2) is 5.38. The SMILES string of the molecule is CCC1C(=O)NCCN1C(=O)c1ccc(C)nc1C. The first kappa shape index (κ1) is 13.5. The van der Waals surface area contributed by atoms with Crippen molar-refractivity contribution < 1.29 is 9.59 Å². The average Bonchev–Trinajstić information content (AvgIpc) is 2.37. The van der Waals surface area contributed by atoms with Crippen LogP contribution in [0, 0.1) is 13.8 Å². The Morgan fingerprint density at radius 1 is 1.47 bits per heavy atom. The summed E-state index contributed by atoms with van der Waals surface area (Å²) < 4.78 is 0. The number of rotatable bonds is 2. The standard InChI is InChI=1S/C14H19N3O2/c1-4-12-13(18)15-7-8-17(12)14(19)11-6-5-9(2)16-10(11)3/h5-6,12H,4,7-8H2,1-3H3,(H,15,18). The van der Waals surface area contributed by atoms with Gasteiger partial charge in [-0.2, -0.15) is 0 Å². The number of hydrogen-bond acceptors (Lipinski definition) is 3. The quantitative estimate of drug-likeness (QED) is 0.865. The Labute approximate surface area is 113 Å². The Balaban J connectivity index is 2.29. The maximum atomic E-state index is 12.6. The highest BCUT2D eigenvalue weighted by Gasteiger charge is 2.32. The fourth-order valence-electron chi connectivity index (χ4n) is 2.43. The molecule has 0 spiro atoms. The van der Waals surface area contributed by atoms with Crippen molar-refractivity contribution in [3.8, 4) is 0 Å². The summed E-state index contributed by atoms with van der Waals surface area (Å²) in [6, 6.07) is 3.24. The highest BCUT2D eigenvalue weighted by atomic mass is 16.2. The molecule has 2 heterocycles. The van der Waals surface area contributed by atoms with E-state index in [1.807, 2.05) is 26.8 Å². The highest BCUT2D eigenvalue weighted by Crippen LogP contribution is 2.15. The fourth-order valence-corrected chi connectivity index (χ4v) is 2.43. The fraction of sp³-hybridized carbons (Fsp3) is 0.500. The van der Waals surface area contributed by atoms with E-state index in [0.29, 0.717) is 30.8 Å². The molecule has 1 aliphatic heterocycles. The van der Waals surface area contributed by atoms with E-state index in [0.717, 1.165) is 5.69 Å². The van der Waals surface area contributed by atoms with Gasteiger partial charge in [-0.1, -0.05) is 6.92 Å². The van der Waals surface area contributed by atoms with Gasteiger partial charge in [0.1, 0.15) is 6.04 Å². The van der Waals surface area contributed by atoms with Crippen LogP contribution in [-0.2, 0) is 4.79 Å². The number of pyridine rings is 1. The average molecular weight is 261 g/mol. The van der Waals surface area contributed by atoms with E-state index in [2.05, 4.69) is 10.3 Å². The molecule has 19 heavy (non-hydrogen) atoms. The van der Waals surface area contributed by atoms with Crippen LogP contribution in [-0.4, -0.2) is 40.8 Å². The van der Waals surface area contributed by atoms with Gasteiger partial charge < -0.3 is 10.2 Å². The third kappa shape index (κ3) is 2.59. The largest absolute Gasteiger partial charge is 0.353 e. The second-order valence-electron chi connectivity index (χ2n) is 4.80. The topological polar surface area (TPSA) is 62.3 Å². The van der Waals surface area contributed by atoms with Gasteiger partial charge in [0.15, 0.2) is 0 Å². The molecule has 0 bridgehead atoms. The van der Waals surface area contributed by atoms with Crippen LogP contribution in [0.25, 0.3) is 0 Å². The number of carbonyl (C=O) groups excluding carboxylic acids is 2. The van der Waals surface area contributed by atoms with E-state index in [-0.39, 0.29) is 17.9 Å². The molecule has 1 N–H and O–H groups in total. The molecule has 1 saturated heterocycles. The number of piperazine rings is 1. The number of nitrogens with one attached hydrogen (secondary N) is 1. The Morgan fingerprint density at radius 2 is 2.21 bits per heavy atom. The Bertz CT molecular complexity index is 513. The van der Waals surface area contributed by atoms with Crippen LogP contribution >= 0.6 is 0 Å². The predicted molar refractivity (Wildman–Crippen MR) is 71.8 cm³/mol. The van der Waals surface area contributed by atoms with Gasteiger partial charge in [0.25, 0.3) is 5.91 Å². The number of aryl methyl sites for hydroxylation is 2. The lowest BCUT2D eigenvalue weighted by Gasteiger charge is -2.34. The van der Waals surface area contributed by atoms with Gasteiger partial charge in [-0.15, -0.1) is 0 Å². The molecule has 102 valence electrons. The molecular weight excluding hydrogens is 242 g/mol. The van der Waals surface area contributed by atoms with Crippen molar-refractivity contribution >= 4 is 11.8 Å². The molecule has 0 aromatic carbocycles. The Hall–Kier alpha value is -1.91. The number of amides is 2. The summed E-state index contributed by atoms with van der Waals surface area (Å²) >= 11 is 0. The summed E-state index contributed by atoms with van der Waals surface area (Å²) in [6.07, 6.45) is 0.621. The summed E-state index contributed by atoms with van der Waals surface area (Å²) in [5.41, 5.74) is 2.18. The van der Waals surface area contributed by atoms with Gasteiger partial charge in [0.2, 0.25) is 5.91 Å². The molecule has 1 aromatic heterocycles. The van der Waals surface area contributed by atoms with Crippen LogP contribution in [0.2, 0.25) is 0 Å². The summed E-state index contributed by atoms with van der Waals surface area (Å²) in [7, 11) is 0. The van der Waals surface area contributed by atoms with Crippen LogP contribution in [0.4, 0.5) is 0 Å². The van der Waals surface area contributed by atoms with Crippen molar-refractivity contribution in [3.05, 3.63) is 29.1 Å². The minimum absolute atomic E-state index is 0.0696. The van der Waals surface area contributed by atoms with Crippen molar-refractivity contribution in [3.63, 3.8) is 0 Å². The van der Waals surface area contributed by atoms with E-state index in [1.165, 1.54) is 0 Å². The molecule has 0 radical (unpaired) electrons. The molecule has 2 rings (SSSR count). The molecule has 1 aromatic rings. The van der Waals surface area contributed by atoms with Gasteiger partial charge in [-0.25, -0.2) is 0 Å².